The molecular weight excluding hydrogens is 594 g/mol. The van der Waals surface area contributed by atoms with Crippen LogP contribution in [0.15, 0.2) is 85.2 Å². The van der Waals surface area contributed by atoms with Gasteiger partial charge in [0.15, 0.2) is 0 Å². The lowest BCUT2D eigenvalue weighted by molar-refractivity contribution is -0.137. The van der Waals surface area contributed by atoms with Crippen molar-refractivity contribution in [3.05, 3.63) is 113 Å². The van der Waals surface area contributed by atoms with Crippen molar-refractivity contribution in [2.45, 2.75) is 25.8 Å². The van der Waals surface area contributed by atoms with E-state index in [0.717, 1.165) is 11.8 Å². The molecule has 0 aliphatic heterocycles. The number of carbonyl (C=O) groups is 5. The predicted octanol–water partition coefficient (Wildman–Crippen LogP) is 4.87. The third-order valence-electron chi connectivity index (χ3n) is 6.85. The van der Waals surface area contributed by atoms with Crippen LogP contribution in [0.4, 0.5) is 21.9 Å². The SMILES string of the molecule is COc1cc(CC(=O)Nc2ccc(C(CC(=O)O)NC(=O)c3cnccc3C(=O)O)cc2)ccc1NC(=O)Nc1ccccc1C. The summed E-state index contributed by atoms with van der Waals surface area (Å²) in [5.74, 6) is -3.28. The Labute approximate surface area is 263 Å². The molecule has 1 atom stereocenters. The summed E-state index contributed by atoms with van der Waals surface area (Å²) >= 11 is 0. The number of nitrogens with one attached hydrogen (secondary N) is 4. The van der Waals surface area contributed by atoms with Crippen molar-refractivity contribution in [2.75, 3.05) is 23.1 Å². The fourth-order valence-corrected chi connectivity index (χ4v) is 4.55. The number of aromatic nitrogens is 1. The van der Waals surface area contributed by atoms with Gasteiger partial charge < -0.3 is 36.2 Å². The largest absolute Gasteiger partial charge is 0.495 e. The van der Waals surface area contributed by atoms with Crippen LogP contribution in [0.2, 0.25) is 0 Å². The maximum absolute atomic E-state index is 12.8. The summed E-state index contributed by atoms with van der Waals surface area (Å²) in [5.41, 5.74) is 2.98. The second-order valence-electron chi connectivity index (χ2n) is 10.1. The van der Waals surface area contributed by atoms with E-state index in [0.29, 0.717) is 33.9 Å². The van der Waals surface area contributed by atoms with Gasteiger partial charge in [-0.05, 0) is 60.0 Å². The van der Waals surface area contributed by atoms with Crippen LogP contribution in [-0.4, -0.2) is 52.1 Å². The van der Waals surface area contributed by atoms with Crippen LogP contribution in [0, 0.1) is 6.92 Å². The van der Waals surface area contributed by atoms with Crippen molar-refractivity contribution in [3.8, 4) is 5.75 Å². The van der Waals surface area contributed by atoms with Gasteiger partial charge in [-0.2, -0.15) is 0 Å². The van der Waals surface area contributed by atoms with Crippen molar-refractivity contribution in [1.29, 1.82) is 0 Å². The lowest BCUT2D eigenvalue weighted by Crippen LogP contribution is -2.31. The average Bonchev–Trinajstić information content (AvgIpc) is 3.02. The molecule has 0 saturated carbocycles. The van der Waals surface area contributed by atoms with Gasteiger partial charge in [0.1, 0.15) is 5.75 Å². The predicted molar refractivity (Wildman–Crippen MR) is 169 cm³/mol. The van der Waals surface area contributed by atoms with Crippen molar-refractivity contribution in [2.24, 2.45) is 0 Å². The molecule has 0 bridgehead atoms. The number of aromatic carboxylic acids is 1. The first-order valence-corrected chi connectivity index (χ1v) is 13.9. The Morgan fingerprint density at radius 2 is 1.57 bits per heavy atom. The van der Waals surface area contributed by atoms with E-state index in [9.17, 15) is 34.2 Å². The Hall–Kier alpha value is -6.24. The number of carbonyl (C=O) groups excluding carboxylic acids is 3. The van der Waals surface area contributed by atoms with Gasteiger partial charge in [0, 0.05) is 23.8 Å². The lowest BCUT2D eigenvalue weighted by atomic mass is 10.0. The Kier molecular flexibility index (Phi) is 10.6. The molecule has 0 aliphatic rings. The van der Waals surface area contributed by atoms with Crippen LogP contribution in [0.5, 0.6) is 5.75 Å². The molecule has 1 unspecified atom stereocenters. The van der Waals surface area contributed by atoms with Crippen LogP contribution >= 0.6 is 0 Å². The third kappa shape index (κ3) is 8.66. The number of amides is 4. The number of pyridine rings is 1. The minimum absolute atomic E-state index is 0.0114. The van der Waals surface area contributed by atoms with E-state index < -0.39 is 36.3 Å². The molecular formula is C33H31N5O8. The van der Waals surface area contributed by atoms with Gasteiger partial charge in [-0.3, -0.25) is 19.4 Å². The van der Waals surface area contributed by atoms with E-state index in [2.05, 4.69) is 26.3 Å². The first-order chi connectivity index (χ1) is 22.0. The summed E-state index contributed by atoms with van der Waals surface area (Å²) in [6, 6.07) is 18.3. The quantitative estimate of drug-likeness (QED) is 0.127. The van der Waals surface area contributed by atoms with Crippen molar-refractivity contribution in [1.82, 2.24) is 10.3 Å². The number of aliphatic carboxylic acids is 1. The van der Waals surface area contributed by atoms with E-state index in [4.69, 9.17) is 4.74 Å². The maximum atomic E-state index is 12.8. The molecule has 4 aromatic rings. The van der Waals surface area contributed by atoms with Gasteiger partial charge in [-0.25, -0.2) is 9.59 Å². The van der Waals surface area contributed by atoms with Gasteiger partial charge >= 0.3 is 18.0 Å². The summed E-state index contributed by atoms with van der Waals surface area (Å²) in [5, 5.41) is 29.6. The fraction of sp³-hybridized carbons (Fsp3) is 0.152. The summed E-state index contributed by atoms with van der Waals surface area (Å²) in [6.45, 7) is 1.88. The highest BCUT2D eigenvalue weighted by Gasteiger charge is 2.23. The standard InChI is InChI=1S/C33H31N5O8/c1-19-5-3-4-6-25(19)37-33(45)38-26-12-7-20(15-28(26)46-2)16-29(39)35-22-10-8-21(9-11-22)27(17-30(40)41)36-31(42)24-18-34-14-13-23(24)32(43)44/h3-15,18,27H,16-17H2,1-2H3,(H,35,39)(H,36,42)(H,40,41)(H,43,44)(H2,37,38,45). The number of carboxylic acids is 2. The van der Waals surface area contributed by atoms with Crippen LogP contribution in [0.3, 0.4) is 0 Å². The number of ether oxygens (including phenoxy) is 1. The molecule has 4 amide bonds. The monoisotopic (exact) mass is 625 g/mol. The maximum Gasteiger partial charge on any atom is 0.336 e. The van der Waals surface area contributed by atoms with Gasteiger partial charge in [0.25, 0.3) is 5.91 Å². The molecule has 6 N–H and O–H groups in total. The van der Waals surface area contributed by atoms with Crippen LogP contribution in [0.25, 0.3) is 0 Å². The number of carboxylic acid groups (broad SMARTS) is 2. The molecule has 236 valence electrons. The molecule has 4 rings (SSSR count). The third-order valence-corrected chi connectivity index (χ3v) is 6.85. The molecule has 0 aliphatic carbocycles. The molecule has 0 fully saturated rings. The second kappa shape index (κ2) is 15.0. The Balaban J connectivity index is 1.38. The van der Waals surface area contributed by atoms with E-state index in [1.165, 1.54) is 19.4 Å². The summed E-state index contributed by atoms with van der Waals surface area (Å²) < 4.78 is 5.42. The number of anilines is 3. The minimum atomic E-state index is -1.32. The number of benzene rings is 3. The molecule has 1 heterocycles. The van der Waals surface area contributed by atoms with E-state index >= 15 is 0 Å². The summed E-state index contributed by atoms with van der Waals surface area (Å²) in [7, 11) is 1.45. The Bertz CT molecular complexity index is 1770. The van der Waals surface area contributed by atoms with Crippen molar-refractivity contribution < 1.29 is 38.9 Å². The number of aryl methyl sites for hydroxylation is 1. The number of para-hydroxylation sites is 1. The lowest BCUT2D eigenvalue weighted by Gasteiger charge is -2.18. The van der Waals surface area contributed by atoms with Crippen molar-refractivity contribution in [3.63, 3.8) is 0 Å². The topological polar surface area (TPSA) is 196 Å². The van der Waals surface area contributed by atoms with Crippen LogP contribution in [-0.2, 0) is 16.0 Å². The highest BCUT2D eigenvalue weighted by Crippen LogP contribution is 2.27. The molecule has 0 radical (unpaired) electrons. The highest BCUT2D eigenvalue weighted by atomic mass is 16.5. The van der Waals surface area contributed by atoms with Gasteiger partial charge in [-0.15, -0.1) is 0 Å². The molecule has 13 heteroatoms. The summed E-state index contributed by atoms with van der Waals surface area (Å²) in [6.07, 6.45) is 1.85. The number of hydrogen-bond acceptors (Lipinski definition) is 7. The molecule has 0 saturated heterocycles. The van der Waals surface area contributed by atoms with Crippen molar-refractivity contribution >= 4 is 46.8 Å². The van der Waals surface area contributed by atoms with Crippen LogP contribution < -0.4 is 26.0 Å². The average molecular weight is 626 g/mol. The fourth-order valence-electron chi connectivity index (χ4n) is 4.55. The van der Waals surface area contributed by atoms with E-state index in [1.807, 2.05) is 25.1 Å². The number of rotatable bonds is 12. The molecule has 13 nitrogen and oxygen atoms in total. The Morgan fingerprint density at radius 1 is 0.848 bits per heavy atom. The number of urea groups is 1. The van der Waals surface area contributed by atoms with Crippen LogP contribution in [0.1, 0.15) is 49.9 Å². The smallest absolute Gasteiger partial charge is 0.336 e. The second-order valence-corrected chi connectivity index (χ2v) is 10.1. The van der Waals surface area contributed by atoms with Gasteiger partial charge in [-0.1, -0.05) is 36.4 Å². The van der Waals surface area contributed by atoms with E-state index in [-0.39, 0.29) is 23.5 Å². The zero-order chi connectivity index (χ0) is 33.2. The highest BCUT2D eigenvalue weighted by molar-refractivity contribution is 6.05. The normalized spacial score (nSPS) is 11.1. The molecule has 46 heavy (non-hydrogen) atoms. The number of methoxy groups -OCH3 is 1. The molecule has 0 spiro atoms. The van der Waals surface area contributed by atoms with Gasteiger partial charge in [0.05, 0.1) is 42.8 Å². The van der Waals surface area contributed by atoms with Gasteiger partial charge in [0.2, 0.25) is 5.91 Å². The number of nitrogens with zero attached hydrogens (tertiary/aromatic N) is 1. The molecule has 3 aromatic carbocycles. The first kappa shape index (κ1) is 32.7. The first-order valence-electron chi connectivity index (χ1n) is 13.9. The van der Waals surface area contributed by atoms with E-state index in [1.54, 1.807) is 48.5 Å². The number of hydrogen-bond donors (Lipinski definition) is 6. The zero-order valence-corrected chi connectivity index (χ0v) is 24.9. The Morgan fingerprint density at radius 3 is 2.24 bits per heavy atom. The summed E-state index contributed by atoms with van der Waals surface area (Å²) in [4.78, 5) is 65.0. The zero-order valence-electron chi connectivity index (χ0n) is 24.9. The minimum Gasteiger partial charge on any atom is -0.495 e. The molecule has 1 aromatic heterocycles.